The zero-order chi connectivity index (χ0) is 13.4. The maximum absolute atomic E-state index is 3.85. The number of fused-ring (bicyclic) bond motifs is 1. The first-order valence-corrected chi connectivity index (χ1v) is 6.98. The minimum atomic E-state index is 0.305. The van der Waals surface area contributed by atoms with E-state index >= 15 is 0 Å². The number of rotatable bonds is 2. The van der Waals surface area contributed by atoms with Crippen molar-refractivity contribution in [2.75, 3.05) is 0 Å². The molecule has 0 aromatic heterocycles. The van der Waals surface area contributed by atoms with Crippen molar-refractivity contribution in [3.63, 3.8) is 0 Å². The van der Waals surface area contributed by atoms with Crippen LogP contribution in [0.25, 0.3) is 6.08 Å². The zero-order valence-corrected chi connectivity index (χ0v) is 12.2. The first kappa shape index (κ1) is 13.4. The highest BCUT2D eigenvalue weighted by Gasteiger charge is 2.36. The highest BCUT2D eigenvalue weighted by atomic mass is 14.4. The Bertz CT molecular complexity index is 461. The van der Waals surface area contributed by atoms with Crippen LogP contribution in [0.15, 0.2) is 24.3 Å². The highest BCUT2D eigenvalue weighted by molar-refractivity contribution is 5.55. The van der Waals surface area contributed by atoms with Gasteiger partial charge in [0.05, 0.1) is 0 Å². The van der Waals surface area contributed by atoms with Crippen molar-refractivity contribution in [1.82, 2.24) is 0 Å². The van der Waals surface area contributed by atoms with Crippen molar-refractivity contribution in [2.45, 2.75) is 57.8 Å². The molecular weight excluding hydrogens is 216 g/mol. The van der Waals surface area contributed by atoms with Gasteiger partial charge in [0.2, 0.25) is 0 Å². The monoisotopic (exact) mass is 241 g/mol. The molecule has 0 atom stereocenters. The zero-order valence-electron chi connectivity index (χ0n) is 12.2. The van der Waals surface area contributed by atoms with Crippen LogP contribution in [-0.4, -0.2) is 0 Å². The van der Waals surface area contributed by atoms with E-state index in [0.717, 1.165) is 6.42 Å². The summed E-state index contributed by atoms with van der Waals surface area (Å²) in [6.07, 6.45) is 7.72. The lowest BCUT2D eigenvalue weighted by molar-refractivity contribution is 0.332. The molecule has 0 N–H and O–H groups in total. The third-order valence-corrected chi connectivity index (χ3v) is 4.35. The molecule has 1 aromatic rings. The molecule has 2 rings (SSSR count). The summed E-state index contributed by atoms with van der Waals surface area (Å²) >= 11 is 0. The third-order valence-electron chi connectivity index (χ3n) is 4.35. The molecule has 97 valence electrons. The second-order valence-corrected chi connectivity index (χ2v) is 6.76. The van der Waals surface area contributed by atoms with Crippen LogP contribution in [0.1, 0.15) is 63.6 Å². The van der Waals surface area contributed by atoms with Crippen LogP contribution in [0.4, 0.5) is 0 Å². The fourth-order valence-corrected chi connectivity index (χ4v) is 2.93. The van der Waals surface area contributed by atoms with Gasteiger partial charge in [-0.2, -0.15) is 0 Å². The summed E-state index contributed by atoms with van der Waals surface area (Å²) in [7, 11) is 0. The van der Waals surface area contributed by atoms with Crippen LogP contribution in [0, 0.1) is 6.92 Å². The van der Waals surface area contributed by atoms with E-state index in [1.54, 1.807) is 0 Å². The average Bonchev–Trinajstić information content (AvgIpc) is 2.32. The standard InChI is InChI=1S/C18H25/c1-6-7-8-14-9-10-15-16(13-14)18(4,5)12-11-17(15,2)3/h7-10,13H,1,6,11-12H2,2-5H3. The summed E-state index contributed by atoms with van der Waals surface area (Å²) in [6, 6.07) is 6.95. The normalized spacial score (nSPS) is 20.9. The van der Waals surface area contributed by atoms with E-state index in [1.807, 2.05) is 0 Å². The van der Waals surface area contributed by atoms with Crippen molar-refractivity contribution in [2.24, 2.45) is 0 Å². The third kappa shape index (κ3) is 2.39. The van der Waals surface area contributed by atoms with Crippen LogP contribution in [0.3, 0.4) is 0 Å². The van der Waals surface area contributed by atoms with Gasteiger partial charge in [-0.25, -0.2) is 0 Å². The molecule has 0 unspecified atom stereocenters. The van der Waals surface area contributed by atoms with Crippen LogP contribution < -0.4 is 0 Å². The Labute approximate surface area is 112 Å². The van der Waals surface area contributed by atoms with E-state index in [-0.39, 0.29) is 0 Å². The second-order valence-electron chi connectivity index (χ2n) is 6.76. The summed E-state index contributed by atoms with van der Waals surface area (Å²) in [5.41, 5.74) is 5.00. The molecule has 0 spiro atoms. The SMILES string of the molecule is [CH2]CC=Cc1ccc2c(c1)C(C)(C)CCC2(C)C. The molecule has 0 fully saturated rings. The first-order valence-electron chi connectivity index (χ1n) is 6.98. The smallest absolute Gasteiger partial charge is 0.0100 e. The highest BCUT2D eigenvalue weighted by Crippen LogP contribution is 2.45. The number of hydrogen-bond acceptors (Lipinski definition) is 0. The van der Waals surface area contributed by atoms with E-state index < -0.39 is 0 Å². The van der Waals surface area contributed by atoms with Gasteiger partial charge >= 0.3 is 0 Å². The molecule has 1 radical (unpaired) electrons. The quantitative estimate of drug-likeness (QED) is 0.661. The summed E-state index contributed by atoms with van der Waals surface area (Å²) in [4.78, 5) is 0. The topological polar surface area (TPSA) is 0 Å². The molecule has 0 heteroatoms. The fourth-order valence-electron chi connectivity index (χ4n) is 2.93. The van der Waals surface area contributed by atoms with Gasteiger partial charge in [0.25, 0.3) is 0 Å². The molecule has 1 aliphatic carbocycles. The van der Waals surface area contributed by atoms with E-state index in [2.05, 4.69) is 65.0 Å². The number of allylic oxidation sites excluding steroid dienone is 1. The van der Waals surface area contributed by atoms with E-state index in [9.17, 15) is 0 Å². The number of benzene rings is 1. The van der Waals surface area contributed by atoms with Crippen molar-refractivity contribution >= 4 is 6.08 Å². The van der Waals surface area contributed by atoms with E-state index in [0.29, 0.717) is 10.8 Å². The van der Waals surface area contributed by atoms with Crippen molar-refractivity contribution in [1.29, 1.82) is 0 Å². The molecule has 1 aliphatic rings. The molecule has 1 aromatic carbocycles. The van der Waals surface area contributed by atoms with Crippen LogP contribution in [-0.2, 0) is 10.8 Å². The lowest BCUT2D eigenvalue weighted by atomic mass is 9.63. The average molecular weight is 241 g/mol. The summed E-state index contributed by atoms with van der Waals surface area (Å²) < 4.78 is 0. The lowest BCUT2D eigenvalue weighted by Crippen LogP contribution is -2.33. The molecular formula is C18H25. The Morgan fingerprint density at radius 2 is 1.67 bits per heavy atom. The molecule has 0 amide bonds. The fraction of sp³-hybridized carbons (Fsp3) is 0.500. The number of hydrogen-bond donors (Lipinski definition) is 0. The van der Waals surface area contributed by atoms with Gasteiger partial charge in [0.1, 0.15) is 0 Å². The Hall–Kier alpha value is -1.04. The molecule has 0 saturated heterocycles. The minimum Gasteiger partial charge on any atom is -0.0839 e. The van der Waals surface area contributed by atoms with Crippen molar-refractivity contribution in [3.05, 3.63) is 47.9 Å². The minimum absolute atomic E-state index is 0.305. The second kappa shape index (κ2) is 4.57. The first-order chi connectivity index (χ1) is 8.37. The van der Waals surface area contributed by atoms with Gasteiger partial charge in [-0.15, -0.1) is 0 Å². The van der Waals surface area contributed by atoms with Crippen LogP contribution >= 0.6 is 0 Å². The molecule has 0 saturated carbocycles. The maximum Gasteiger partial charge on any atom is -0.0100 e. The predicted molar refractivity (Wildman–Crippen MR) is 80.7 cm³/mol. The van der Waals surface area contributed by atoms with Gasteiger partial charge in [-0.3, -0.25) is 0 Å². The van der Waals surface area contributed by atoms with Gasteiger partial charge in [-0.05, 0) is 53.7 Å². The van der Waals surface area contributed by atoms with Gasteiger partial charge in [0, 0.05) is 0 Å². The van der Waals surface area contributed by atoms with E-state index in [4.69, 9.17) is 0 Å². The van der Waals surface area contributed by atoms with Crippen molar-refractivity contribution < 1.29 is 0 Å². The van der Waals surface area contributed by atoms with Crippen molar-refractivity contribution in [3.8, 4) is 0 Å². The van der Waals surface area contributed by atoms with Gasteiger partial charge < -0.3 is 0 Å². The predicted octanol–water partition coefficient (Wildman–Crippen LogP) is 5.27. The Morgan fingerprint density at radius 3 is 2.28 bits per heavy atom. The van der Waals surface area contributed by atoms with Crippen LogP contribution in [0.2, 0.25) is 0 Å². The van der Waals surface area contributed by atoms with E-state index in [1.165, 1.54) is 29.5 Å². The Kier molecular flexibility index (Phi) is 3.40. The van der Waals surface area contributed by atoms with Gasteiger partial charge in [0.15, 0.2) is 0 Å². The lowest BCUT2D eigenvalue weighted by Gasteiger charge is -2.42. The summed E-state index contributed by atoms with van der Waals surface area (Å²) in [5, 5.41) is 0. The molecule has 0 bridgehead atoms. The largest absolute Gasteiger partial charge is 0.0839 e. The maximum atomic E-state index is 3.85. The Balaban J connectivity index is 2.51. The molecule has 0 nitrogen and oxygen atoms in total. The molecule has 0 heterocycles. The van der Waals surface area contributed by atoms with Crippen LogP contribution in [0.5, 0.6) is 0 Å². The summed E-state index contributed by atoms with van der Waals surface area (Å²) in [6.45, 7) is 13.3. The molecule has 0 aliphatic heterocycles. The molecule has 18 heavy (non-hydrogen) atoms. The Morgan fingerprint density at radius 1 is 1.06 bits per heavy atom. The summed E-state index contributed by atoms with van der Waals surface area (Å²) in [5.74, 6) is 0. The van der Waals surface area contributed by atoms with Gasteiger partial charge in [-0.1, -0.05) is 58.0 Å².